The van der Waals surface area contributed by atoms with Crippen molar-refractivity contribution >= 4 is 5.91 Å². The van der Waals surface area contributed by atoms with Gasteiger partial charge in [-0.3, -0.25) is 4.79 Å². The molecule has 18 heavy (non-hydrogen) atoms. The molecular weight excluding hydrogens is 230 g/mol. The van der Waals surface area contributed by atoms with E-state index in [-0.39, 0.29) is 11.3 Å². The van der Waals surface area contributed by atoms with Crippen molar-refractivity contribution in [3.8, 4) is 0 Å². The van der Waals surface area contributed by atoms with Gasteiger partial charge in [-0.25, -0.2) is 0 Å². The van der Waals surface area contributed by atoms with Gasteiger partial charge in [0.1, 0.15) is 0 Å². The van der Waals surface area contributed by atoms with Crippen LogP contribution in [0.15, 0.2) is 0 Å². The lowest BCUT2D eigenvalue weighted by molar-refractivity contribution is -0.143. The number of rotatable bonds is 6. The molecule has 0 spiro atoms. The van der Waals surface area contributed by atoms with Crippen LogP contribution in [0.2, 0.25) is 0 Å². The zero-order chi connectivity index (χ0) is 13.6. The maximum atomic E-state index is 12.5. The van der Waals surface area contributed by atoms with E-state index in [1.165, 1.54) is 0 Å². The molecule has 1 atom stereocenters. The molecule has 0 aromatic rings. The molecule has 0 radical (unpaired) electrons. The van der Waals surface area contributed by atoms with Crippen LogP contribution in [0.5, 0.6) is 0 Å². The number of likely N-dealkylation sites (tertiary alicyclic amines) is 1. The fourth-order valence-electron chi connectivity index (χ4n) is 2.51. The van der Waals surface area contributed by atoms with Crippen LogP contribution < -0.4 is 0 Å². The van der Waals surface area contributed by atoms with E-state index in [9.17, 15) is 4.79 Å². The lowest BCUT2D eigenvalue weighted by atomic mass is 9.86. The first-order chi connectivity index (χ1) is 8.51. The van der Waals surface area contributed by atoms with Crippen molar-refractivity contribution in [2.45, 2.75) is 33.1 Å². The number of carbonyl (C=O) groups excluding carboxylic acids is 1. The Bertz CT molecular complexity index is 264. The van der Waals surface area contributed by atoms with E-state index in [1.54, 1.807) is 14.2 Å². The Hall–Kier alpha value is -0.610. The van der Waals surface area contributed by atoms with Gasteiger partial charge in [-0.1, -0.05) is 13.8 Å². The average Bonchev–Trinajstić information content (AvgIpc) is 2.36. The van der Waals surface area contributed by atoms with Gasteiger partial charge in [0.25, 0.3) is 0 Å². The summed E-state index contributed by atoms with van der Waals surface area (Å²) in [5.41, 5.74) is -0.328. The molecule has 1 unspecified atom stereocenters. The fraction of sp³-hybridized carbons (Fsp3) is 0.929. The van der Waals surface area contributed by atoms with Crippen molar-refractivity contribution in [3.63, 3.8) is 0 Å². The summed E-state index contributed by atoms with van der Waals surface area (Å²) in [7, 11) is 3.40. The Kier molecular flexibility index (Phi) is 6.09. The third-order valence-corrected chi connectivity index (χ3v) is 3.72. The summed E-state index contributed by atoms with van der Waals surface area (Å²) in [6, 6.07) is 0. The van der Waals surface area contributed by atoms with Crippen LogP contribution in [-0.4, -0.2) is 51.3 Å². The van der Waals surface area contributed by atoms with Crippen molar-refractivity contribution in [2.75, 3.05) is 40.5 Å². The summed E-state index contributed by atoms with van der Waals surface area (Å²) in [4.78, 5) is 14.5. The zero-order valence-electron chi connectivity index (χ0n) is 12.2. The van der Waals surface area contributed by atoms with Gasteiger partial charge in [0.05, 0.1) is 6.61 Å². The fourth-order valence-corrected chi connectivity index (χ4v) is 2.51. The first-order valence-corrected chi connectivity index (χ1v) is 6.78. The van der Waals surface area contributed by atoms with Crippen molar-refractivity contribution in [1.29, 1.82) is 0 Å². The third kappa shape index (κ3) is 4.25. The van der Waals surface area contributed by atoms with Gasteiger partial charge in [0.2, 0.25) is 5.91 Å². The lowest BCUT2D eigenvalue weighted by Gasteiger charge is -2.37. The minimum Gasteiger partial charge on any atom is -0.385 e. The summed E-state index contributed by atoms with van der Waals surface area (Å²) < 4.78 is 10.3. The molecule has 1 saturated heterocycles. The highest BCUT2D eigenvalue weighted by Gasteiger charge is 2.34. The molecule has 1 heterocycles. The topological polar surface area (TPSA) is 38.8 Å². The Balaban J connectivity index is 2.54. The van der Waals surface area contributed by atoms with Crippen LogP contribution >= 0.6 is 0 Å². The van der Waals surface area contributed by atoms with Gasteiger partial charge < -0.3 is 14.4 Å². The predicted octanol–water partition coefficient (Wildman–Crippen LogP) is 1.93. The number of nitrogens with zero attached hydrogens (tertiary/aromatic N) is 1. The molecule has 0 aromatic heterocycles. The highest BCUT2D eigenvalue weighted by Crippen LogP contribution is 2.27. The number of methoxy groups -OCH3 is 2. The van der Waals surface area contributed by atoms with Gasteiger partial charge >= 0.3 is 0 Å². The first kappa shape index (κ1) is 15.4. The molecule has 106 valence electrons. The number of amides is 1. The summed E-state index contributed by atoms with van der Waals surface area (Å²) in [5, 5.41) is 0. The van der Waals surface area contributed by atoms with E-state index >= 15 is 0 Å². The molecule has 0 aliphatic carbocycles. The highest BCUT2D eigenvalue weighted by molar-refractivity contribution is 5.82. The Morgan fingerprint density at radius 3 is 2.67 bits per heavy atom. The SMILES string of the molecule is COCCC(C)(C)C(=O)N1CCCC(COC)C1. The highest BCUT2D eigenvalue weighted by atomic mass is 16.5. The van der Waals surface area contributed by atoms with E-state index in [0.29, 0.717) is 12.5 Å². The van der Waals surface area contributed by atoms with E-state index in [4.69, 9.17) is 9.47 Å². The lowest BCUT2D eigenvalue weighted by Crippen LogP contribution is -2.47. The molecule has 1 rings (SSSR count). The van der Waals surface area contributed by atoms with Crippen LogP contribution in [0.1, 0.15) is 33.1 Å². The monoisotopic (exact) mass is 257 g/mol. The van der Waals surface area contributed by atoms with E-state index in [2.05, 4.69) is 0 Å². The second kappa shape index (κ2) is 7.10. The number of carbonyl (C=O) groups is 1. The molecule has 4 nitrogen and oxygen atoms in total. The van der Waals surface area contributed by atoms with Crippen molar-refractivity contribution in [2.24, 2.45) is 11.3 Å². The maximum Gasteiger partial charge on any atom is 0.228 e. The molecule has 0 bridgehead atoms. The summed E-state index contributed by atoms with van der Waals surface area (Å²) in [5.74, 6) is 0.742. The molecule has 1 aliphatic heterocycles. The van der Waals surface area contributed by atoms with Crippen molar-refractivity contribution < 1.29 is 14.3 Å². The minimum absolute atomic E-state index is 0.250. The van der Waals surface area contributed by atoms with Crippen LogP contribution in [0.25, 0.3) is 0 Å². The van der Waals surface area contributed by atoms with Gasteiger partial charge in [-0.15, -0.1) is 0 Å². The quantitative estimate of drug-likeness (QED) is 0.730. The van der Waals surface area contributed by atoms with Crippen molar-refractivity contribution in [1.82, 2.24) is 4.90 Å². The largest absolute Gasteiger partial charge is 0.385 e. The van der Waals surface area contributed by atoms with Gasteiger partial charge in [0, 0.05) is 39.3 Å². The summed E-state index contributed by atoms with van der Waals surface area (Å²) in [6.45, 7) is 7.12. The van der Waals surface area contributed by atoms with Gasteiger partial charge in [-0.2, -0.15) is 0 Å². The molecule has 1 amide bonds. The Morgan fingerprint density at radius 2 is 2.06 bits per heavy atom. The van der Waals surface area contributed by atoms with Crippen molar-refractivity contribution in [3.05, 3.63) is 0 Å². The van der Waals surface area contributed by atoms with Crippen LogP contribution in [0.4, 0.5) is 0 Å². The standard InChI is InChI=1S/C14H27NO3/c1-14(2,7-9-17-3)13(16)15-8-5-6-12(10-15)11-18-4/h12H,5-11H2,1-4H3. The molecule has 1 aliphatic rings. The third-order valence-electron chi connectivity index (χ3n) is 3.72. The molecule has 1 fully saturated rings. The number of hydrogen-bond donors (Lipinski definition) is 0. The minimum atomic E-state index is -0.328. The Morgan fingerprint density at radius 1 is 1.33 bits per heavy atom. The molecule has 0 saturated carbocycles. The van der Waals surface area contributed by atoms with Crippen LogP contribution in [0.3, 0.4) is 0 Å². The number of ether oxygens (including phenoxy) is 2. The summed E-state index contributed by atoms with van der Waals surface area (Å²) >= 11 is 0. The average molecular weight is 257 g/mol. The van der Waals surface area contributed by atoms with Crippen LogP contribution in [0, 0.1) is 11.3 Å². The maximum absolute atomic E-state index is 12.5. The smallest absolute Gasteiger partial charge is 0.228 e. The number of hydrogen-bond acceptors (Lipinski definition) is 3. The second-order valence-corrected chi connectivity index (χ2v) is 5.84. The van der Waals surface area contributed by atoms with Crippen LogP contribution in [-0.2, 0) is 14.3 Å². The van der Waals surface area contributed by atoms with E-state index in [0.717, 1.165) is 39.0 Å². The molecule has 4 heteroatoms. The summed E-state index contributed by atoms with van der Waals surface area (Å²) in [6.07, 6.45) is 3.02. The normalized spacial score (nSPS) is 21.1. The zero-order valence-corrected chi connectivity index (χ0v) is 12.2. The van der Waals surface area contributed by atoms with E-state index in [1.807, 2.05) is 18.7 Å². The van der Waals surface area contributed by atoms with Gasteiger partial charge in [0.15, 0.2) is 0 Å². The van der Waals surface area contributed by atoms with E-state index < -0.39 is 0 Å². The number of piperidine rings is 1. The molecule has 0 aromatic carbocycles. The molecular formula is C14H27NO3. The first-order valence-electron chi connectivity index (χ1n) is 6.78. The molecule has 0 N–H and O–H groups in total. The second-order valence-electron chi connectivity index (χ2n) is 5.84. The Labute approximate surface area is 111 Å². The predicted molar refractivity (Wildman–Crippen MR) is 71.5 cm³/mol. The van der Waals surface area contributed by atoms with Gasteiger partial charge in [-0.05, 0) is 25.2 Å².